The highest BCUT2D eigenvalue weighted by atomic mass is 35.5. The van der Waals surface area contributed by atoms with Crippen LogP contribution in [0.2, 0.25) is 5.02 Å². The van der Waals surface area contributed by atoms with E-state index in [1.54, 1.807) is 12.1 Å². The fourth-order valence-corrected chi connectivity index (χ4v) is 4.03. The van der Waals surface area contributed by atoms with Gasteiger partial charge in [0.05, 0.1) is 24.5 Å². The van der Waals surface area contributed by atoms with Crippen LogP contribution in [-0.4, -0.2) is 42.1 Å². The van der Waals surface area contributed by atoms with Crippen molar-refractivity contribution in [2.45, 2.75) is 13.2 Å². The molecule has 1 aromatic heterocycles. The first kappa shape index (κ1) is 20.8. The lowest BCUT2D eigenvalue weighted by Crippen LogP contribution is -2.35. The minimum Gasteiger partial charge on any atom is -0.488 e. The highest BCUT2D eigenvalue weighted by Gasteiger charge is 2.16. The van der Waals surface area contributed by atoms with E-state index < -0.39 is 0 Å². The van der Waals surface area contributed by atoms with Crippen LogP contribution in [0.1, 0.15) is 21.6 Å². The largest absolute Gasteiger partial charge is 0.488 e. The summed E-state index contributed by atoms with van der Waals surface area (Å²) >= 11 is 7.62. The molecule has 1 saturated heterocycles. The van der Waals surface area contributed by atoms with Crippen molar-refractivity contribution in [2.75, 3.05) is 31.6 Å². The third kappa shape index (κ3) is 5.37. The molecule has 1 amide bonds. The van der Waals surface area contributed by atoms with Crippen LogP contribution in [0, 0.1) is 0 Å². The lowest BCUT2D eigenvalue weighted by molar-refractivity contribution is 0.0337. The van der Waals surface area contributed by atoms with Crippen LogP contribution in [0.3, 0.4) is 0 Å². The van der Waals surface area contributed by atoms with Crippen LogP contribution in [0.5, 0.6) is 5.75 Å². The number of carbonyl (C=O) groups is 1. The Morgan fingerprint density at radius 3 is 2.77 bits per heavy atom. The van der Waals surface area contributed by atoms with Crippen molar-refractivity contribution in [3.8, 4) is 5.75 Å². The number of rotatable bonds is 7. The Hall–Kier alpha value is -2.45. The predicted octanol–water partition coefficient (Wildman–Crippen LogP) is 4.46. The van der Waals surface area contributed by atoms with Gasteiger partial charge < -0.3 is 9.47 Å². The zero-order chi connectivity index (χ0) is 20.8. The molecule has 1 N–H and O–H groups in total. The second-order valence-electron chi connectivity index (χ2n) is 6.86. The van der Waals surface area contributed by atoms with Gasteiger partial charge in [0.25, 0.3) is 5.91 Å². The minimum atomic E-state index is -0.253. The van der Waals surface area contributed by atoms with Gasteiger partial charge in [-0.15, -0.1) is 11.3 Å². The molecule has 2 heterocycles. The summed E-state index contributed by atoms with van der Waals surface area (Å²) in [5.41, 5.74) is 2.26. The maximum Gasteiger partial charge on any atom is 0.261 e. The number of nitrogens with one attached hydrogen (secondary N) is 1. The number of para-hydroxylation sites is 1. The molecule has 4 rings (SSSR count). The van der Waals surface area contributed by atoms with E-state index in [9.17, 15) is 4.79 Å². The van der Waals surface area contributed by atoms with Crippen molar-refractivity contribution in [2.24, 2.45) is 0 Å². The van der Waals surface area contributed by atoms with Crippen molar-refractivity contribution in [3.05, 3.63) is 75.8 Å². The number of morpholine rings is 1. The topological polar surface area (TPSA) is 63.7 Å². The number of aromatic nitrogens is 1. The standard InChI is InChI=1S/C22H22ClN3O3S/c23-19-7-3-1-5-16(19)14-29-20-8-4-2-6-18(20)21(27)25-22-24-17(15-30-22)13-26-9-11-28-12-10-26/h1-8,15H,9-14H2,(H,24,25,27). The van der Waals surface area contributed by atoms with Crippen LogP contribution < -0.4 is 10.1 Å². The van der Waals surface area contributed by atoms with E-state index in [1.165, 1.54) is 11.3 Å². The molecule has 30 heavy (non-hydrogen) atoms. The number of nitrogens with zero attached hydrogens (tertiary/aromatic N) is 2. The Balaban J connectivity index is 1.39. The quantitative estimate of drug-likeness (QED) is 0.584. The molecule has 0 aliphatic carbocycles. The summed E-state index contributed by atoms with van der Waals surface area (Å²) in [4.78, 5) is 19.7. The van der Waals surface area contributed by atoms with Crippen molar-refractivity contribution >= 4 is 34.0 Å². The van der Waals surface area contributed by atoms with Crippen LogP contribution in [0.15, 0.2) is 53.9 Å². The van der Waals surface area contributed by atoms with Crippen molar-refractivity contribution in [1.82, 2.24) is 9.88 Å². The molecule has 0 radical (unpaired) electrons. The zero-order valence-corrected chi connectivity index (χ0v) is 17.9. The Morgan fingerprint density at radius 2 is 1.93 bits per heavy atom. The highest BCUT2D eigenvalue weighted by Crippen LogP contribution is 2.24. The molecule has 0 atom stereocenters. The monoisotopic (exact) mass is 443 g/mol. The van der Waals surface area contributed by atoms with Crippen LogP contribution in [0.4, 0.5) is 5.13 Å². The molecule has 3 aromatic rings. The molecular weight excluding hydrogens is 422 g/mol. The summed E-state index contributed by atoms with van der Waals surface area (Å²) in [6.07, 6.45) is 0. The van der Waals surface area contributed by atoms with Crippen LogP contribution >= 0.6 is 22.9 Å². The van der Waals surface area contributed by atoms with E-state index >= 15 is 0 Å². The number of benzene rings is 2. The number of halogens is 1. The van der Waals surface area contributed by atoms with Crippen molar-refractivity contribution in [1.29, 1.82) is 0 Å². The van der Waals surface area contributed by atoms with E-state index in [2.05, 4.69) is 15.2 Å². The molecule has 0 saturated carbocycles. The molecule has 2 aromatic carbocycles. The van der Waals surface area contributed by atoms with Crippen LogP contribution in [-0.2, 0) is 17.9 Å². The average Bonchev–Trinajstić information content (AvgIpc) is 3.20. The molecule has 156 valence electrons. The van der Waals surface area contributed by atoms with Gasteiger partial charge in [0.1, 0.15) is 12.4 Å². The third-order valence-corrected chi connectivity index (χ3v) is 5.91. The van der Waals surface area contributed by atoms with Crippen molar-refractivity contribution < 1.29 is 14.3 Å². The average molecular weight is 444 g/mol. The van der Waals surface area contributed by atoms with E-state index in [0.29, 0.717) is 21.5 Å². The molecule has 1 aliphatic heterocycles. The molecule has 0 unspecified atom stereocenters. The molecule has 8 heteroatoms. The van der Waals surface area contributed by atoms with Gasteiger partial charge in [-0.1, -0.05) is 41.9 Å². The second kappa shape index (κ2) is 10.0. The molecule has 0 spiro atoms. The van der Waals surface area contributed by atoms with Gasteiger partial charge in [0.15, 0.2) is 5.13 Å². The minimum absolute atomic E-state index is 0.253. The van der Waals surface area contributed by atoms with E-state index in [1.807, 2.05) is 41.8 Å². The summed E-state index contributed by atoms with van der Waals surface area (Å²) in [5, 5.41) is 6.07. The van der Waals surface area contributed by atoms with Gasteiger partial charge in [-0.05, 0) is 18.2 Å². The van der Waals surface area contributed by atoms with Gasteiger partial charge in [0.2, 0.25) is 0 Å². The Bertz CT molecular complexity index is 1000. The number of hydrogen-bond donors (Lipinski definition) is 1. The molecule has 1 fully saturated rings. The smallest absolute Gasteiger partial charge is 0.261 e. The normalized spacial score (nSPS) is 14.4. The van der Waals surface area contributed by atoms with E-state index in [4.69, 9.17) is 21.1 Å². The van der Waals surface area contributed by atoms with E-state index in [-0.39, 0.29) is 12.5 Å². The first-order valence-corrected chi connectivity index (χ1v) is 11.0. The summed E-state index contributed by atoms with van der Waals surface area (Å²) in [5.74, 6) is 0.247. The van der Waals surface area contributed by atoms with Gasteiger partial charge in [-0.3, -0.25) is 15.0 Å². The zero-order valence-electron chi connectivity index (χ0n) is 16.3. The van der Waals surface area contributed by atoms with E-state index in [0.717, 1.165) is 44.1 Å². The number of hydrogen-bond acceptors (Lipinski definition) is 6. The Morgan fingerprint density at radius 1 is 1.17 bits per heavy atom. The molecule has 1 aliphatic rings. The van der Waals surface area contributed by atoms with Gasteiger partial charge in [0, 0.05) is 35.6 Å². The highest BCUT2D eigenvalue weighted by molar-refractivity contribution is 7.14. The predicted molar refractivity (Wildman–Crippen MR) is 118 cm³/mol. The lowest BCUT2D eigenvalue weighted by Gasteiger charge is -2.25. The van der Waals surface area contributed by atoms with Gasteiger partial charge in [-0.2, -0.15) is 0 Å². The van der Waals surface area contributed by atoms with Gasteiger partial charge in [-0.25, -0.2) is 4.98 Å². The summed E-state index contributed by atoms with van der Waals surface area (Å²) in [6, 6.07) is 14.6. The molecule has 0 bridgehead atoms. The number of anilines is 1. The number of amides is 1. The number of ether oxygens (including phenoxy) is 2. The third-order valence-electron chi connectivity index (χ3n) is 4.73. The molecule has 6 nitrogen and oxygen atoms in total. The first-order chi connectivity index (χ1) is 14.7. The summed E-state index contributed by atoms with van der Waals surface area (Å²) in [7, 11) is 0. The summed E-state index contributed by atoms with van der Waals surface area (Å²) < 4.78 is 11.3. The van der Waals surface area contributed by atoms with Crippen LogP contribution in [0.25, 0.3) is 0 Å². The number of carbonyl (C=O) groups excluding carboxylic acids is 1. The fourth-order valence-electron chi connectivity index (χ4n) is 3.14. The summed E-state index contributed by atoms with van der Waals surface area (Å²) in [6.45, 7) is 4.33. The van der Waals surface area contributed by atoms with Gasteiger partial charge >= 0.3 is 0 Å². The SMILES string of the molecule is O=C(Nc1nc(CN2CCOCC2)cs1)c1ccccc1OCc1ccccc1Cl. The first-order valence-electron chi connectivity index (χ1n) is 9.70. The fraction of sp³-hybridized carbons (Fsp3) is 0.273. The molecular formula is C22H22ClN3O3S. The maximum absolute atomic E-state index is 12.8. The Kier molecular flexibility index (Phi) is 6.96. The lowest BCUT2D eigenvalue weighted by atomic mass is 10.2. The maximum atomic E-state index is 12.8. The second-order valence-corrected chi connectivity index (χ2v) is 8.13. The Labute approximate surface area is 184 Å². The van der Waals surface area contributed by atoms with Crippen molar-refractivity contribution in [3.63, 3.8) is 0 Å². The number of thiazole rings is 1.